The van der Waals surface area contributed by atoms with Crippen LogP contribution in [0.3, 0.4) is 0 Å². The number of nitrogen functional groups attached to an aromatic ring is 1. The van der Waals surface area contributed by atoms with Gasteiger partial charge in [-0.3, -0.25) is 9.69 Å². The zero-order valence-corrected chi connectivity index (χ0v) is 9.49. The highest BCUT2D eigenvalue weighted by Gasteiger charge is 2.11. The van der Waals surface area contributed by atoms with Gasteiger partial charge in [-0.1, -0.05) is 6.07 Å². The highest BCUT2D eigenvalue weighted by molar-refractivity contribution is 5.92. The van der Waals surface area contributed by atoms with Crippen LogP contribution in [0.1, 0.15) is 0 Å². The van der Waals surface area contributed by atoms with Gasteiger partial charge in [-0.15, -0.1) is 0 Å². The molecule has 94 valence electrons. The number of amides is 1. The number of nitrogens with one attached hydrogen (secondary N) is 1. The van der Waals surface area contributed by atoms with Gasteiger partial charge in [0.15, 0.2) is 0 Å². The molecule has 0 aliphatic carbocycles. The van der Waals surface area contributed by atoms with Gasteiger partial charge >= 0.3 is 0 Å². The molecule has 1 aromatic carbocycles. The fourth-order valence-electron chi connectivity index (χ4n) is 1.36. The van der Waals surface area contributed by atoms with Gasteiger partial charge in [-0.25, -0.2) is 8.78 Å². The first kappa shape index (κ1) is 13.4. The Morgan fingerprint density at radius 3 is 2.82 bits per heavy atom. The average Bonchev–Trinajstić information content (AvgIpc) is 2.14. The van der Waals surface area contributed by atoms with Crippen molar-refractivity contribution in [1.82, 2.24) is 4.90 Å². The van der Waals surface area contributed by atoms with E-state index in [0.717, 1.165) is 0 Å². The van der Waals surface area contributed by atoms with E-state index in [1.165, 1.54) is 11.9 Å². The molecule has 1 amide bonds. The molecular formula is C11H15F2N3O. The molecule has 0 atom stereocenters. The summed E-state index contributed by atoms with van der Waals surface area (Å²) in [5.41, 5.74) is 6.63. The summed E-state index contributed by atoms with van der Waals surface area (Å²) in [7, 11) is 1.46. The minimum atomic E-state index is -2.44. The molecule has 0 aliphatic heterocycles. The summed E-state index contributed by atoms with van der Waals surface area (Å²) < 4.78 is 24.1. The molecule has 0 spiro atoms. The van der Waals surface area contributed by atoms with Crippen LogP contribution >= 0.6 is 0 Å². The molecule has 17 heavy (non-hydrogen) atoms. The number of carbonyl (C=O) groups is 1. The molecule has 0 saturated carbocycles. The zero-order chi connectivity index (χ0) is 12.8. The smallest absolute Gasteiger partial charge is 0.251 e. The molecule has 3 N–H and O–H groups in total. The molecule has 0 radical (unpaired) electrons. The number of rotatable bonds is 5. The van der Waals surface area contributed by atoms with Crippen molar-refractivity contribution in [3.63, 3.8) is 0 Å². The van der Waals surface area contributed by atoms with Crippen molar-refractivity contribution in [2.24, 2.45) is 0 Å². The summed E-state index contributed by atoms with van der Waals surface area (Å²) >= 11 is 0. The van der Waals surface area contributed by atoms with Crippen molar-refractivity contribution < 1.29 is 13.6 Å². The number of alkyl halides is 2. The fraction of sp³-hybridized carbons (Fsp3) is 0.364. The highest BCUT2D eigenvalue weighted by atomic mass is 19.3. The largest absolute Gasteiger partial charge is 0.399 e. The molecule has 0 bridgehead atoms. The number of hydrogen-bond acceptors (Lipinski definition) is 3. The first-order valence-corrected chi connectivity index (χ1v) is 5.09. The summed E-state index contributed by atoms with van der Waals surface area (Å²) in [6.07, 6.45) is -2.44. The van der Waals surface area contributed by atoms with E-state index < -0.39 is 13.0 Å². The van der Waals surface area contributed by atoms with Crippen LogP contribution in [-0.4, -0.2) is 37.4 Å². The highest BCUT2D eigenvalue weighted by Crippen LogP contribution is 2.11. The van der Waals surface area contributed by atoms with Gasteiger partial charge < -0.3 is 11.1 Å². The lowest BCUT2D eigenvalue weighted by atomic mass is 10.3. The Hall–Kier alpha value is -1.69. The number of halogens is 2. The van der Waals surface area contributed by atoms with Crippen LogP contribution in [0.25, 0.3) is 0 Å². The van der Waals surface area contributed by atoms with Crippen LogP contribution in [0.4, 0.5) is 20.2 Å². The molecule has 0 heterocycles. The molecule has 0 unspecified atom stereocenters. The number of anilines is 2. The number of benzene rings is 1. The predicted octanol–water partition coefficient (Wildman–Crippen LogP) is 1.40. The number of nitrogens with zero attached hydrogens (tertiary/aromatic N) is 1. The fourth-order valence-corrected chi connectivity index (χ4v) is 1.36. The van der Waals surface area contributed by atoms with E-state index in [-0.39, 0.29) is 12.5 Å². The van der Waals surface area contributed by atoms with Gasteiger partial charge in [0.25, 0.3) is 6.43 Å². The molecule has 1 rings (SSSR count). The molecule has 4 nitrogen and oxygen atoms in total. The molecule has 0 aliphatic rings. The van der Waals surface area contributed by atoms with Crippen molar-refractivity contribution in [1.29, 1.82) is 0 Å². The van der Waals surface area contributed by atoms with Crippen molar-refractivity contribution in [3.05, 3.63) is 24.3 Å². The van der Waals surface area contributed by atoms with Crippen LogP contribution in [0.5, 0.6) is 0 Å². The first-order valence-electron chi connectivity index (χ1n) is 5.09. The molecular weight excluding hydrogens is 228 g/mol. The Kier molecular flexibility index (Phi) is 4.84. The van der Waals surface area contributed by atoms with Crippen molar-refractivity contribution in [3.8, 4) is 0 Å². The lowest BCUT2D eigenvalue weighted by Gasteiger charge is -2.15. The van der Waals surface area contributed by atoms with E-state index in [1.807, 2.05) is 0 Å². The molecule has 0 saturated heterocycles. The monoisotopic (exact) mass is 243 g/mol. The third-order valence-electron chi connectivity index (χ3n) is 2.03. The quantitative estimate of drug-likeness (QED) is 0.769. The minimum absolute atomic E-state index is 0.0842. The minimum Gasteiger partial charge on any atom is -0.399 e. The van der Waals surface area contributed by atoms with Crippen molar-refractivity contribution in [2.75, 3.05) is 31.2 Å². The van der Waals surface area contributed by atoms with E-state index in [4.69, 9.17) is 5.73 Å². The summed E-state index contributed by atoms with van der Waals surface area (Å²) in [6, 6.07) is 6.68. The molecule has 6 heteroatoms. The van der Waals surface area contributed by atoms with E-state index in [2.05, 4.69) is 5.32 Å². The maximum atomic E-state index is 12.0. The molecule has 0 aromatic heterocycles. The number of hydrogen-bond donors (Lipinski definition) is 2. The van der Waals surface area contributed by atoms with Gasteiger partial charge in [0, 0.05) is 11.4 Å². The van der Waals surface area contributed by atoms with Crippen LogP contribution < -0.4 is 11.1 Å². The van der Waals surface area contributed by atoms with E-state index in [0.29, 0.717) is 11.4 Å². The summed E-state index contributed by atoms with van der Waals surface area (Å²) in [5.74, 6) is -0.348. The Balaban J connectivity index is 2.44. The maximum absolute atomic E-state index is 12.0. The van der Waals surface area contributed by atoms with Crippen LogP contribution in [-0.2, 0) is 4.79 Å². The van der Waals surface area contributed by atoms with Gasteiger partial charge in [-0.05, 0) is 25.2 Å². The Morgan fingerprint density at radius 1 is 1.53 bits per heavy atom. The second kappa shape index (κ2) is 6.15. The Labute approximate surface area is 98.4 Å². The molecule has 0 fully saturated rings. The summed E-state index contributed by atoms with van der Waals surface area (Å²) in [4.78, 5) is 12.7. The number of nitrogens with two attached hydrogens (primary N) is 1. The Bertz CT molecular complexity index is 385. The first-order chi connectivity index (χ1) is 7.97. The van der Waals surface area contributed by atoms with Crippen molar-refractivity contribution in [2.45, 2.75) is 6.43 Å². The van der Waals surface area contributed by atoms with Crippen LogP contribution in [0, 0.1) is 0 Å². The summed E-state index contributed by atoms with van der Waals surface area (Å²) in [5, 5.41) is 2.58. The van der Waals surface area contributed by atoms with E-state index in [9.17, 15) is 13.6 Å². The SMILES string of the molecule is CN(CC(=O)Nc1cccc(N)c1)CC(F)F. The summed E-state index contributed by atoms with van der Waals surface area (Å²) in [6.45, 7) is -0.510. The third-order valence-corrected chi connectivity index (χ3v) is 2.03. The topological polar surface area (TPSA) is 58.4 Å². The van der Waals surface area contributed by atoms with Crippen molar-refractivity contribution >= 4 is 17.3 Å². The second-order valence-electron chi connectivity index (χ2n) is 3.76. The van der Waals surface area contributed by atoms with Gasteiger partial charge in [0.1, 0.15) is 0 Å². The molecule has 1 aromatic rings. The lowest BCUT2D eigenvalue weighted by Crippen LogP contribution is -2.33. The predicted molar refractivity (Wildman–Crippen MR) is 63.0 cm³/mol. The number of likely N-dealkylation sites (N-methyl/N-ethyl adjacent to an activating group) is 1. The van der Waals surface area contributed by atoms with Gasteiger partial charge in [0.2, 0.25) is 5.91 Å². The average molecular weight is 243 g/mol. The van der Waals surface area contributed by atoms with E-state index >= 15 is 0 Å². The van der Waals surface area contributed by atoms with Crippen LogP contribution in [0.2, 0.25) is 0 Å². The van der Waals surface area contributed by atoms with Gasteiger partial charge in [0.05, 0.1) is 13.1 Å². The maximum Gasteiger partial charge on any atom is 0.251 e. The third kappa shape index (κ3) is 5.26. The normalized spacial score (nSPS) is 10.9. The van der Waals surface area contributed by atoms with Gasteiger partial charge in [-0.2, -0.15) is 0 Å². The zero-order valence-electron chi connectivity index (χ0n) is 9.49. The Morgan fingerprint density at radius 2 is 2.24 bits per heavy atom. The number of carbonyl (C=O) groups excluding carboxylic acids is 1. The van der Waals surface area contributed by atoms with E-state index in [1.54, 1.807) is 24.3 Å². The van der Waals surface area contributed by atoms with Crippen LogP contribution in [0.15, 0.2) is 24.3 Å². The standard InChI is InChI=1S/C11H15F2N3O/c1-16(6-10(12)13)7-11(17)15-9-4-2-3-8(14)5-9/h2-5,10H,6-7,14H2,1H3,(H,15,17). The second-order valence-corrected chi connectivity index (χ2v) is 3.76. The lowest BCUT2D eigenvalue weighted by molar-refractivity contribution is -0.117.